The molecule has 0 saturated carbocycles. The maximum absolute atomic E-state index is 15.8. The van der Waals surface area contributed by atoms with Gasteiger partial charge in [0.15, 0.2) is 22.4 Å². The zero-order chi connectivity index (χ0) is 69.3. The van der Waals surface area contributed by atoms with Crippen LogP contribution in [-0.2, 0) is 57.4 Å². The van der Waals surface area contributed by atoms with Crippen molar-refractivity contribution in [3.8, 4) is 22.9 Å². The highest BCUT2D eigenvalue weighted by molar-refractivity contribution is 6.17. The quantitative estimate of drug-likeness (QED) is 0.0819. The summed E-state index contributed by atoms with van der Waals surface area (Å²) in [7, 11) is 1.35. The molecule has 9 rings (SSSR count). The Morgan fingerprint density at radius 2 is 1.09 bits per heavy atom. The second-order valence-electron chi connectivity index (χ2n) is 26.1. The summed E-state index contributed by atoms with van der Waals surface area (Å²) in [6.45, 7) is 18.0. The molecule has 0 unspecified atom stereocenters. The number of aromatic nitrogens is 2. The summed E-state index contributed by atoms with van der Waals surface area (Å²) >= 11 is 0. The Hall–Kier alpha value is -9.83. The van der Waals surface area contributed by atoms with Crippen LogP contribution in [0.2, 0.25) is 0 Å². The number of hydrogen-bond donors (Lipinski definition) is 7. The number of cyclic esters (lactones) is 2. The third-order valence-electron chi connectivity index (χ3n) is 17.9. The molecule has 29 nitrogen and oxygen atoms in total. The number of hydrogen-bond acceptors (Lipinski definition) is 19. The number of ether oxygens (including phenoxy) is 2. The maximum atomic E-state index is 15.8. The number of esters is 2. The average Bonchev–Trinajstić information content (AvgIpc) is 1.72. The van der Waals surface area contributed by atoms with Crippen LogP contribution in [-0.4, -0.2) is 189 Å². The molecule has 1 aromatic heterocycles. The third-order valence-corrected chi connectivity index (χ3v) is 17.9. The Balaban J connectivity index is 1.19. The fraction of sp³-hybridized carbons (Fsp3) is 0.530. The van der Waals surface area contributed by atoms with Gasteiger partial charge in [0, 0.05) is 42.9 Å². The number of amides is 10. The van der Waals surface area contributed by atoms with Crippen molar-refractivity contribution in [2.75, 3.05) is 33.2 Å². The molecule has 5 aliphatic heterocycles. The van der Waals surface area contributed by atoms with E-state index in [-0.39, 0.29) is 76.6 Å². The van der Waals surface area contributed by atoms with Crippen LogP contribution in [0.25, 0.3) is 45.1 Å². The number of benzene rings is 3. The number of rotatable bonds is 9. The van der Waals surface area contributed by atoms with Crippen molar-refractivity contribution in [1.29, 1.82) is 0 Å². The number of carbonyl (C=O) groups is 12. The molecule has 0 bridgehead atoms. The van der Waals surface area contributed by atoms with Crippen LogP contribution >= 0.6 is 0 Å². The van der Waals surface area contributed by atoms with E-state index in [1.807, 2.05) is 0 Å². The summed E-state index contributed by atoms with van der Waals surface area (Å²) in [5, 5.41) is 18.5. The number of oxazole rings is 1. The predicted octanol–water partition coefficient (Wildman–Crippen LogP) is 1.93. The van der Waals surface area contributed by atoms with Crippen LogP contribution in [0, 0.1) is 37.5 Å². The fourth-order valence-electron chi connectivity index (χ4n) is 12.5. The molecule has 508 valence electrons. The summed E-state index contributed by atoms with van der Waals surface area (Å²) in [6.07, 6.45) is -1.80. The molecule has 95 heavy (non-hydrogen) atoms. The monoisotopic (exact) mass is 1310 g/mol. The normalized spacial score (nSPS) is 25.2. The molecule has 1 aliphatic carbocycles. The largest absolute Gasteiger partial charge is 0.458 e. The molecule has 6 heterocycles. The fourth-order valence-corrected chi connectivity index (χ4v) is 12.5. The van der Waals surface area contributed by atoms with E-state index in [0.29, 0.717) is 18.4 Å². The third kappa shape index (κ3) is 14.2. The van der Waals surface area contributed by atoms with Gasteiger partial charge in [-0.15, -0.1) is 0 Å². The van der Waals surface area contributed by atoms with Gasteiger partial charge in [0.2, 0.25) is 53.1 Å². The van der Waals surface area contributed by atoms with Crippen LogP contribution in [0.5, 0.6) is 0 Å². The van der Waals surface area contributed by atoms with E-state index < -0.39 is 185 Å². The zero-order valence-electron chi connectivity index (χ0n) is 55.4. The summed E-state index contributed by atoms with van der Waals surface area (Å²) < 4.78 is 24.9. The number of nitrogens with one attached hydrogen (secondary N) is 7. The van der Waals surface area contributed by atoms with E-state index in [0.717, 1.165) is 11.0 Å². The van der Waals surface area contributed by atoms with Crippen molar-refractivity contribution in [3.63, 3.8) is 0 Å². The lowest BCUT2D eigenvalue weighted by molar-refractivity contribution is -0.162. The van der Waals surface area contributed by atoms with Gasteiger partial charge in [0.05, 0.1) is 24.2 Å². The lowest BCUT2D eigenvalue weighted by Crippen LogP contribution is -2.61. The second-order valence-corrected chi connectivity index (χ2v) is 26.1. The first kappa shape index (κ1) is 69.5. The van der Waals surface area contributed by atoms with E-state index in [9.17, 15) is 47.9 Å². The molecule has 0 spiro atoms. The van der Waals surface area contributed by atoms with Crippen molar-refractivity contribution in [2.24, 2.45) is 23.7 Å². The van der Waals surface area contributed by atoms with Crippen LogP contribution in [0.15, 0.2) is 50.0 Å². The van der Waals surface area contributed by atoms with Crippen molar-refractivity contribution >= 4 is 93.2 Å². The molecule has 4 fully saturated rings. The predicted molar refractivity (Wildman–Crippen MR) is 340 cm³/mol. The first-order valence-corrected chi connectivity index (χ1v) is 32.0. The molecule has 10 amide bonds. The Bertz CT molecular complexity index is 3940. The molecule has 29 heteroatoms. The molecular weight excluding hydrogens is 1230 g/mol. The van der Waals surface area contributed by atoms with Gasteiger partial charge in [0.1, 0.15) is 77.3 Å². The topological polar surface area (TPSA) is 386 Å². The highest BCUT2D eigenvalue weighted by atomic mass is 16.6. The lowest BCUT2D eigenvalue weighted by Gasteiger charge is -2.34. The van der Waals surface area contributed by atoms with Crippen LogP contribution < -0.4 is 42.6 Å². The Morgan fingerprint density at radius 3 is 1.63 bits per heavy atom. The molecule has 6 aliphatic rings. The molecule has 4 saturated heterocycles. The van der Waals surface area contributed by atoms with Gasteiger partial charge < -0.3 is 70.2 Å². The van der Waals surface area contributed by atoms with E-state index in [4.69, 9.17) is 28.3 Å². The molecule has 10 atom stereocenters. The van der Waals surface area contributed by atoms with Gasteiger partial charge in [-0.25, -0.2) is 19.6 Å². The molecule has 7 N–H and O–H groups in total. The van der Waals surface area contributed by atoms with Gasteiger partial charge in [-0.3, -0.25) is 52.7 Å². The van der Waals surface area contributed by atoms with Gasteiger partial charge >= 0.3 is 11.9 Å². The standard InChI is InChI=1S/C66H82N12O17/c1-28(2)44-63(88)77-23-17-21-38(77)57(83)67-26-41(80)69-46(30(5)6)65(90)92-34(11)47(60(86)71-44)73-56(82)37-25-40(79)32(9)53-49(37)70-50-43(51-55(33(10)54(50)94-53)95-62(75-51)36-19-15-14-16-20-36)59(85)74-48-35(12)93-66(91)52(31(7)8)76(13)42(81)27-68-58(84)39-22-18-24-78(39)64(89)45(29(3)4)72-61(48)87/h14-16,19-20,25,28-31,34-35,38-39,44-48,52H,17-18,21-24,26-27H2,1-13H3,(H,67,83)(H,68,84)(H,69,80)(H,71,86)(H,72,87)(H,73,82)(H,74,85)/t34-,35+,38-,39+,44-,45+,46+,47+,48-,52-/m1/s1. The van der Waals surface area contributed by atoms with Crippen LogP contribution in [0.3, 0.4) is 0 Å². The highest BCUT2D eigenvalue weighted by Crippen LogP contribution is 2.39. The SMILES string of the molecule is Cc1c2oc3c(C)c4oc(-c5ccccc5)nc4c(C(=O)N[C@H]4C(=O)N[C@@H](C(C)C)C(=O)N5CCC[C@H]5C(=O)NCC(=O)N(C)[C@H](C(C)C)C(=O)O[C@H]4C)c3nc-2c(C(=O)N[C@@H]2C(=O)N[C@H](C(C)C)C(=O)N3CCC[C@@H]3C(=O)NCC(=O)N[C@@H](C(C)C)C(=O)O[C@@H]2C)cc1=O. The first-order chi connectivity index (χ1) is 44.9. The number of likely N-dealkylation sites (N-methyl/N-ethyl adjacent to an activating group) is 1. The maximum Gasteiger partial charge on any atom is 0.329 e. The minimum Gasteiger partial charge on any atom is -0.458 e. The van der Waals surface area contributed by atoms with Crippen molar-refractivity contribution in [2.45, 2.75) is 169 Å². The molecule has 0 radical (unpaired) electrons. The summed E-state index contributed by atoms with van der Waals surface area (Å²) in [5.74, 6) is -13.0. The molecule has 2 aromatic carbocycles. The van der Waals surface area contributed by atoms with Crippen molar-refractivity contribution in [1.82, 2.24) is 61.9 Å². The summed E-state index contributed by atoms with van der Waals surface area (Å²) in [6, 6.07) is -1.51. The summed E-state index contributed by atoms with van der Waals surface area (Å²) in [4.78, 5) is 201. The number of carbonyl (C=O) groups excluding carboxylic acids is 12. The van der Waals surface area contributed by atoms with E-state index in [2.05, 4.69) is 37.2 Å². The minimum atomic E-state index is -1.87. The Morgan fingerprint density at radius 1 is 0.589 bits per heavy atom. The number of aryl methyl sites for hydroxylation is 1. The summed E-state index contributed by atoms with van der Waals surface area (Å²) in [5.41, 5.74) is -2.22. The lowest BCUT2D eigenvalue weighted by atomic mass is 9.99. The zero-order valence-corrected chi connectivity index (χ0v) is 55.4. The highest BCUT2D eigenvalue weighted by Gasteiger charge is 2.45. The van der Waals surface area contributed by atoms with Gasteiger partial charge in [-0.1, -0.05) is 73.6 Å². The van der Waals surface area contributed by atoms with Crippen LogP contribution in [0.1, 0.15) is 127 Å². The smallest absolute Gasteiger partial charge is 0.329 e. The number of nitrogens with zero attached hydrogens (tertiary/aromatic N) is 5. The van der Waals surface area contributed by atoms with Crippen LogP contribution in [0.4, 0.5) is 0 Å². The molecule has 3 aromatic rings. The van der Waals surface area contributed by atoms with Gasteiger partial charge in [-0.2, -0.15) is 0 Å². The van der Waals surface area contributed by atoms with E-state index in [1.54, 1.807) is 92.6 Å². The Labute approximate surface area is 547 Å². The van der Waals surface area contributed by atoms with E-state index in [1.165, 1.54) is 37.6 Å². The van der Waals surface area contributed by atoms with Gasteiger partial charge in [-0.05, 0) is 89.2 Å². The van der Waals surface area contributed by atoms with Crippen molar-refractivity contribution in [3.05, 3.63) is 68.9 Å². The Kier molecular flexibility index (Phi) is 20.8. The number of fused-ring (bicyclic) bond motifs is 5. The van der Waals surface area contributed by atoms with E-state index >= 15 is 14.4 Å². The first-order valence-electron chi connectivity index (χ1n) is 32.0. The van der Waals surface area contributed by atoms with Crippen molar-refractivity contribution < 1.29 is 75.8 Å². The minimum absolute atomic E-state index is 0.00244. The average molecular weight is 1320 g/mol. The van der Waals surface area contributed by atoms with Gasteiger partial charge in [0.25, 0.3) is 11.8 Å². The molecular formula is C66H82N12O17. The second kappa shape index (κ2) is 28.4.